The Morgan fingerprint density at radius 3 is 2.78 bits per heavy atom. The van der Waals surface area contributed by atoms with Gasteiger partial charge in [0, 0.05) is 18.1 Å². The van der Waals surface area contributed by atoms with Crippen molar-refractivity contribution in [3.63, 3.8) is 0 Å². The van der Waals surface area contributed by atoms with Crippen LogP contribution in [0, 0.1) is 6.92 Å². The molecule has 0 aliphatic heterocycles. The summed E-state index contributed by atoms with van der Waals surface area (Å²) in [6.45, 7) is 2.02. The van der Waals surface area contributed by atoms with E-state index in [-0.39, 0.29) is 11.6 Å². The van der Waals surface area contributed by atoms with Gasteiger partial charge in [0.05, 0.1) is 6.20 Å². The molecule has 1 aromatic carbocycles. The number of aromatic amines is 2. The van der Waals surface area contributed by atoms with Crippen molar-refractivity contribution < 1.29 is 9.90 Å². The molecule has 3 rings (SSSR count). The maximum absolute atomic E-state index is 12.3. The van der Waals surface area contributed by atoms with E-state index in [1.165, 1.54) is 5.56 Å². The third-order valence-electron chi connectivity index (χ3n) is 3.32. The molecule has 0 bridgehead atoms. The van der Waals surface area contributed by atoms with Gasteiger partial charge in [0.15, 0.2) is 5.76 Å². The molecule has 0 atom stereocenters. The summed E-state index contributed by atoms with van der Waals surface area (Å²) in [5, 5.41) is 29.1. The van der Waals surface area contributed by atoms with Crippen LogP contribution in [0.1, 0.15) is 33.0 Å². The Morgan fingerprint density at radius 2 is 2.09 bits per heavy atom. The number of tetrazole rings is 1. The van der Waals surface area contributed by atoms with Gasteiger partial charge < -0.3 is 5.11 Å². The van der Waals surface area contributed by atoms with Gasteiger partial charge in [-0.25, -0.2) is 0 Å². The van der Waals surface area contributed by atoms with Gasteiger partial charge in [-0.05, 0) is 17.7 Å². The number of aryl methyl sites for hydroxylation is 1. The first-order valence-electron chi connectivity index (χ1n) is 6.90. The standard InChI is InChI=1S/C15H14N6O2/c1-9-2-4-10(5-3-9)6-11-8-16-17-14(11)12(22)7-13(23)15-18-20-21-19-15/h2-5,7-8,23H,6H2,1H3,(H,16,17)(H,18,19,20,21). The number of carbonyl (C=O) groups excluding carboxylic acids is 1. The second-order valence-electron chi connectivity index (χ2n) is 5.06. The van der Waals surface area contributed by atoms with Gasteiger partial charge in [-0.15, -0.1) is 10.2 Å². The molecule has 8 heteroatoms. The van der Waals surface area contributed by atoms with Gasteiger partial charge in [0.25, 0.3) is 0 Å². The molecule has 23 heavy (non-hydrogen) atoms. The van der Waals surface area contributed by atoms with E-state index < -0.39 is 5.78 Å². The average Bonchev–Trinajstić information content (AvgIpc) is 3.20. The highest BCUT2D eigenvalue weighted by Crippen LogP contribution is 2.15. The van der Waals surface area contributed by atoms with Crippen LogP contribution >= 0.6 is 0 Å². The highest BCUT2D eigenvalue weighted by atomic mass is 16.3. The summed E-state index contributed by atoms with van der Waals surface area (Å²) in [6, 6.07) is 8.03. The van der Waals surface area contributed by atoms with Crippen LogP contribution in [0.2, 0.25) is 0 Å². The summed E-state index contributed by atoms with van der Waals surface area (Å²) in [4.78, 5) is 12.3. The molecular weight excluding hydrogens is 296 g/mol. The first-order valence-corrected chi connectivity index (χ1v) is 6.90. The van der Waals surface area contributed by atoms with Crippen molar-refractivity contribution in [2.45, 2.75) is 13.3 Å². The van der Waals surface area contributed by atoms with E-state index in [0.717, 1.165) is 17.2 Å². The SMILES string of the molecule is Cc1ccc(Cc2cn[nH]c2C(=O)C=C(O)c2nn[nH]n2)cc1. The number of nitrogens with one attached hydrogen (secondary N) is 2. The molecule has 116 valence electrons. The fraction of sp³-hybridized carbons (Fsp3) is 0.133. The summed E-state index contributed by atoms with van der Waals surface area (Å²) in [5.74, 6) is -0.815. The smallest absolute Gasteiger partial charge is 0.239 e. The lowest BCUT2D eigenvalue weighted by atomic mass is 10.0. The number of benzene rings is 1. The van der Waals surface area contributed by atoms with E-state index in [0.29, 0.717) is 12.1 Å². The highest BCUT2D eigenvalue weighted by molar-refractivity contribution is 6.07. The van der Waals surface area contributed by atoms with Crippen LogP contribution in [0.15, 0.2) is 36.5 Å². The molecule has 0 aliphatic carbocycles. The molecule has 0 aliphatic rings. The van der Waals surface area contributed by atoms with Gasteiger partial charge in [0.2, 0.25) is 11.6 Å². The van der Waals surface area contributed by atoms with Gasteiger partial charge in [-0.2, -0.15) is 10.3 Å². The molecular formula is C15H14N6O2. The summed E-state index contributed by atoms with van der Waals surface area (Å²) in [7, 11) is 0. The minimum atomic E-state index is -0.410. The molecule has 0 spiro atoms. The predicted octanol–water partition coefficient (Wildman–Crippen LogP) is 1.60. The quantitative estimate of drug-likeness (QED) is 0.374. The first kappa shape index (κ1) is 14.6. The molecule has 3 aromatic rings. The lowest BCUT2D eigenvalue weighted by Gasteiger charge is -2.02. The summed E-state index contributed by atoms with van der Waals surface area (Å²) in [6.07, 6.45) is 3.21. The zero-order valence-electron chi connectivity index (χ0n) is 12.3. The number of aliphatic hydroxyl groups excluding tert-OH is 1. The Balaban J connectivity index is 1.81. The molecule has 2 aromatic heterocycles. The number of ketones is 1. The Bertz CT molecular complexity index is 833. The first-order chi connectivity index (χ1) is 11.1. The fourth-order valence-corrected chi connectivity index (χ4v) is 2.12. The Hall–Kier alpha value is -3.29. The number of nitrogens with zero attached hydrogens (tertiary/aromatic N) is 4. The Kier molecular flexibility index (Phi) is 3.96. The number of H-pyrrole nitrogens is 2. The van der Waals surface area contributed by atoms with E-state index in [1.54, 1.807) is 6.20 Å². The van der Waals surface area contributed by atoms with Crippen molar-refractivity contribution in [2.75, 3.05) is 0 Å². The van der Waals surface area contributed by atoms with Crippen molar-refractivity contribution in [2.24, 2.45) is 0 Å². The van der Waals surface area contributed by atoms with E-state index in [4.69, 9.17) is 0 Å². The van der Waals surface area contributed by atoms with Crippen LogP contribution in [0.4, 0.5) is 0 Å². The zero-order chi connectivity index (χ0) is 16.2. The van der Waals surface area contributed by atoms with Gasteiger partial charge in [-0.1, -0.05) is 29.8 Å². The fourth-order valence-electron chi connectivity index (χ4n) is 2.12. The van der Waals surface area contributed by atoms with Crippen LogP contribution in [-0.4, -0.2) is 41.7 Å². The van der Waals surface area contributed by atoms with E-state index >= 15 is 0 Å². The number of carbonyl (C=O) groups is 1. The zero-order valence-corrected chi connectivity index (χ0v) is 12.3. The number of hydrogen-bond donors (Lipinski definition) is 3. The third-order valence-corrected chi connectivity index (χ3v) is 3.32. The largest absolute Gasteiger partial charge is 0.504 e. The number of aliphatic hydroxyl groups is 1. The predicted molar refractivity (Wildman–Crippen MR) is 81.7 cm³/mol. The van der Waals surface area contributed by atoms with Crippen molar-refractivity contribution in [3.05, 3.63) is 64.7 Å². The molecule has 0 amide bonds. The molecule has 0 saturated heterocycles. The van der Waals surface area contributed by atoms with E-state index in [1.807, 2.05) is 31.2 Å². The van der Waals surface area contributed by atoms with Crippen LogP contribution in [0.25, 0.3) is 5.76 Å². The summed E-state index contributed by atoms with van der Waals surface area (Å²) >= 11 is 0. The molecule has 0 radical (unpaired) electrons. The maximum Gasteiger partial charge on any atom is 0.239 e. The van der Waals surface area contributed by atoms with Crippen LogP contribution in [0.5, 0.6) is 0 Å². The molecule has 8 nitrogen and oxygen atoms in total. The van der Waals surface area contributed by atoms with Crippen molar-refractivity contribution in [1.29, 1.82) is 0 Å². The van der Waals surface area contributed by atoms with Gasteiger partial charge in [-0.3, -0.25) is 9.89 Å². The molecule has 0 fully saturated rings. The topological polar surface area (TPSA) is 120 Å². The van der Waals surface area contributed by atoms with Crippen molar-refractivity contribution in [3.8, 4) is 0 Å². The number of rotatable bonds is 5. The van der Waals surface area contributed by atoms with Crippen LogP contribution < -0.4 is 0 Å². The van der Waals surface area contributed by atoms with E-state index in [2.05, 4.69) is 30.8 Å². The minimum Gasteiger partial charge on any atom is -0.504 e. The third kappa shape index (κ3) is 3.31. The van der Waals surface area contributed by atoms with E-state index in [9.17, 15) is 9.90 Å². The van der Waals surface area contributed by atoms with Gasteiger partial charge in [0.1, 0.15) is 5.69 Å². The lowest BCUT2D eigenvalue weighted by Crippen LogP contribution is -2.02. The average molecular weight is 310 g/mol. The number of allylic oxidation sites excluding steroid dienone is 1. The van der Waals surface area contributed by atoms with Crippen LogP contribution in [0.3, 0.4) is 0 Å². The summed E-state index contributed by atoms with van der Waals surface area (Å²) in [5.41, 5.74) is 3.30. The second-order valence-corrected chi connectivity index (χ2v) is 5.06. The molecule has 2 heterocycles. The van der Waals surface area contributed by atoms with Crippen molar-refractivity contribution in [1.82, 2.24) is 30.8 Å². The molecule has 0 saturated carbocycles. The molecule has 3 N–H and O–H groups in total. The Labute approximate surface area is 131 Å². The maximum atomic E-state index is 12.3. The normalized spacial score (nSPS) is 11.6. The monoisotopic (exact) mass is 310 g/mol. The second kappa shape index (κ2) is 6.22. The van der Waals surface area contributed by atoms with Gasteiger partial charge >= 0.3 is 0 Å². The molecule has 0 unspecified atom stereocenters. The number of aromatic nitrogens is 6. The Morgan fingerprint density at radius 1 is 1.30 bits per heavy atom. The lowest BCUT2D eigenvalue weighted by molar-refractivity contribution is 0.104. The van der Waals surface area contributed by atoms with Crippen molar-refractivity contribution >= 4 is 11.5 Å². The summed E-state index contributed by atoms with van der Waals surface area (Å²) < 4.78 is 0. The minimum absolute atomic E-state index is 0.0436. The van der Waals surface area contributed by atoms with Crippen LogP contribution in [-0.2, 0) is 6.42 Å². The number of hydrogen-bond acceptors (Lipinski definition) is 6. The highest BCUT2D eigenvalue weighted by Gasteiger charge is 2.15.